The van der Waals surface area contributed by atoms with E-state index in [9.17, 15) is 14.4 Å². The lowest BCUT2D eigenvalue weighted by molar-refractivity contribution is -0.127. The van der Waals surface area contributed by atoms with Gasteiger partial charge in [-0.05, 0) is 55.5 Å². The molecule has 1 aliphatic rings. The number of carbonyl (C=O) groups excluding carboxylic acids is 3. The number of nitrogens with one attached hydrogen (secondary N) is 1. The van der Waals surface area contributed by atoms with Crippen molar-refractivity contribution in [2.75, 3.05) is 19.1 Å². The molecule has 0 unspecified atom stereocenters. The fourth-order valence-electron chi connectivity index (χ4n) is 5.02. The zero-order chi connectivity index (χ0) is 27.1. The molecule has 200 valence electrons. The molecule has 7 nitrogen and oxygen atoms in total. The SMILES string of the molecule is COc1ccc([C@@H](C(=O)NC2CCCCC2)N(C(=O)Cc2cccs2)c2ccccc2C(C)=O)c(OC)c1. The molecule has 1 aliphatic carbocycles. The van der Waals surface area contributed by atoms with Crippen molar-refractivity contribution in [1.29, 1.82) is 0 Å². The number of thiophene rings is 1. The van der Waals surface area contributed by atoms with Gasteiger partial charge in [-0.3, -0.25) is 19.3 Å². The molecule has 2 aromatic carbocycles. The highest BCUT2D eigenvalue weighted by Gasteiger charge is 2.37. The van der Waals surface area contributed by atoms with Crippen LogP contribution in [0.3, 0.4) is 0 Å². The van der Waals surface area contributed by atoms with Gasteiger partial charge in [0, 0.05) is 28.1 Å². The van der Waals surface area contributed by atoms with Gasteiger partial charge >= 0.3 is 0 Å². The summed E-state index contributed by atoms with van der Waals surface area (Å²) in [6, 6.07) is 14.9. The molecule has 0 saturated heterocycles. The van der Waals surface area contributed by atoms with E-state index in [0.29, 0.717) is 28.3 Å². The first-order chi connectivity index (χ1) is 18.4. The van der Waals surface area contributed by atoms with Crippen molar-refractivity contribution in [3.8, 4) is 11.5 Å². The van der Waals surface area contributed by atoms with Crippen molar-refractivity contribution >= 4 is 34.6 Å². The Kier molecular flexibility index (Phi) is 9.18. The van der Waals surface area contributed by atoms with Gasteiger partial charge in [0.25, 0.3) is 0 Å². The lowest BCUT2D eigenvalue weighted by atomic mass is 9.94. The van der Waals surface area contributed by atoms with E-state index < -0.39 is 6.04 Å². The van der Waals surface area contributed by atoms with Crippen molar-refractivity contribution in [2.24, 2.45) is 0 Å². The molecule has 0 radical (unpaired) electrons. The van der Waals surface area contributed by atoms with Gasteiger partial charge in [-0.25, -0.2) is 0 Å². The molecule has 2 amide bonds. The highest BCUT2D eigenvalue weighted by Crippen LogP contribution is 2.38. The third-order valence-corrected chi connectivity index (χ3v) is 7.79. The van der Waals surface area contributed by atoms with Crippen LogP contribution >= 0.6 is 11.3 Å². The topological polar surface area (TPSA) is 84.9 Å². The Morgan fingerprint density at radius 1 is 1.00 bits per heavy atom. The monoisotopic (exact) mass is 534 g/mol. The van der Waals surface area contributed by atoms with Gasteiger partial charge in [0.15, 0.2) is 5.78 Å². The molecule has 38 heavy (non-hydrogen) atoms. The molecule has 8 heteroatoms. The van der Waals surface area contributed by atoms with E-state index >= 15 is 0 Å². The van der Waals surface area contributed by atoms with Gasteiger partial charge in [-0.15, -0.1) is 11.3 Å². The van der Waals surface area contributed by atoms with Crippen LogP contribution in [-0.2, 0) is 16.0 Å². The molecule has 0 aliphatic heterocycles. The average Bonchev–Trinajstić information content (AvgIpc) is 3.44. The molecule has 0 bridgehead atoms. The Balaban J connectivity index is 1.88. The molecule has 1 aromatic heterocycles. The van der Waals surface area contributed by atoms with E-state index in [0.717, 1.165) is 37.0 Å². The maximum Gasteiger partial charge on any atom is 0.248 e. The van der Waals surface area contributed by atoms with Gasteiger partial charge < -0.3 is 14.8 Å². The van der Waals surface area contributed by atoms with Crippen LogP contribution in [0.1, 0.15) is 65.9 Å². The lowest BCUT2D eigenvalue weighted by Crippen LogP contribution is -2.48. The quantitative estimate of drug-likeness (QED) is 0.336. The van der Waals surface area contributed by atoms with Gasteiger partial charge in [0.05, 0.1) is 26.3 Å². The number of ketones is 1. The maximum absolute atomic E-state index is 14.2. The smallest absolute Gasteiger partial charge is 0.248 e. The summed E-state index contributed by atoms with van der Waals surface area (Å²) < 4.78 is 11.1. The Hall–Kier alpha value is -3.65. The number of benzene rings is 2. The minimum absolute atomic E-state index is 0.0280. The largest absolute Gasteiger partial charge is 0.497 e. The first-order valence-electron chi connectivity index (χ1n) is 12.9. The molecule has 1 saturated carbocycles. The molecule has 3 aromatic rings. The van der Waals surface area contributed by atoms with Crippen LogP contribution in [0.25, 0.3) is 0 Å². The molecular formula is C30H34N2O5S. The summed E-state index contributed by atoms with van der Waals surface area (Å²) in [6.07, 6.45) is 5.14. The average molecular weight is 535 g/mol. The zero-order valence-corrected chi connectivity index (χ0v) is 22.9. The molecule has 1 N–H and O–H groups in total. The molecule has 4 rings (SSSR count). The number of methoxy groups -OCH3 is 2. The van der Waals surface area contributed by atoms with E-state index in [-0.39, 0.29) is 30.1 Å². The Morgan fingerprint density at radius 2 is 1.76 bits per heavy atom. The number of para-hydroxylation sites is 1. The predicted molar refractivity (Wildman–Crippen MR) is 149 cm³/mol. The van der Waals surface area contributed by atoms with Gasteiger partial charge in [0.1, 0.15) is 17.5 Å². The van der Waals surface area contributed by atoms with Gasteiger partial charge in [0.2, 0.25) is 11.8 Å². The number of rotatable bonds is 10. The summed E-state index contributed by atoms with van der Waals surface area (Å²) in [6.45, 7) is 1.46. The number of anilines is 1. The second-order valence-electron chi connectivity index (χ2n) is 9.45. The number of hydrogen-bond acceptors (Lipinski definition) is 6. The van der Waals surface area contributed by atoms with Crippen LogP contribution in [-0.4, -0.2) is 37.9 Å². The molecular weight excluding hydrogens is 500 g/mol. The number of nitrogens with zero attached hydrogens (tertiary/aromatic N) is 1. The van der Waals surface area contributed by atoms with Crippen LogP contribution in [0, 0.1) is 0 Å². The van der Waals surface area contributed by atoms with E-state index in [2.05, 4.69) is 5.32 Å². The minimum atomic E-state index is -1.06. The zero-order valence-electron chi connectivity index (χ0n) is 22.1. The minimum Gasteiger partial charge on any atom is -0.497 e. The second kappa shape index (κ2) is 12.7. The van der Waals surface area contributed by atoms with Crippen LogP contribution in [0.15, 0.2) is 60.0 Å². The summed E-state index contributed by atoms with van der Waals surface area (Å²) in [5.41, 5.74) is 1.28. The summed E-state index contributed by atoms with van der Waals surface area (Å²) in [4.78, 5) is 43.3. The van der Waals surface area contributed by atoms with E-state index in [1.165, 1.54) is 30.3 Å². The summed E-state index contributed by atoms with van der Waals surface area (Å²) >= 11 is 1.48. The fourth-order valence-corrected chi connectivity index (χ4v) is 5.71. The highest BCUT2D eigenvalue weighted by atomic mass is 32.1. The summed E-state index contributed by atoms with van der Waals surface area (Å²) in [5, 5.41) is 5.12. The van der Waals surface area contributed by atoms with E-state index in [1.807, 2.05) is 17.5 Å². The van der Waals surface area contributed by atoms with Gasteiger partial charge in [-0.1, -0.05) is 37.5 Å². The fraction of sp³-hybridized carbons (Fsp3) is 0.367. The van der Waals surface area contributed by atoms with Crippen LogP contribution < -0.4 is 19.7 Å². The van der Waals surface area contributed by atoms with Crippen molar-refractivity contribution < 1.29 is 23.9 Å². The number of carbonyl (C=O) groups is 3. The third-order valence-electron chi connectivity index (χ3n) is 6.91. The standard InChI is InChI=1S/C30H34N2O5S/c1-20(33)24-13-7-8-14-26(24)32(28(34)19-23-12-9-17-38-23)29(30(35)31-21-10-5-4-6-11-21)25-16-15-22(36-2)18-27(25)37-3/h7-9,12-18,21,29H,4-6,10-11,19H2,1-3H3,(H,31,35)/t29-/m0/s1. The highest BCUT2D eigenvalue weighted by molar-refractivity contribution is 7.10. The Morgan fingerprint density at radius 3 is 2.42 bits per heavy atom. The van der Waals surface area contributed by atoms with Crippen molar-refractivity contribution in [1.82, 2.24) is 5.32 Å². The number of ether oxygens (including phenoxy) is 2. The number of hydrogen-bond donors (Lipinski definition) is 1. The van der Waals surface area contributed by atoms with Crippen molar-refractivity contribution in [3.63, 3.8) is 0 Å². The lowest BCUT2D eigenvalue weighted by Gasteiger charge is -2.35. The number of Topliss-reactive ketones (excluding diaryl/α,β-unsaturated/α-hetero) is 1. The molecule has 0 spiro atoms. The van der Waals surface area contributed by atoms with Crippen LogP contribution in [0.5, 0.6) is 11.5 Å². The first-order valence-corrected chi connectivity index (χ1v) is 13.8. The van der Waals surface area contributed by atoms with Crippen molar-refractivity contribution in [3.05, 3.63) is 76.0 Å². The molecule has 1 fully saturated rings. The Bertz CT molecular complexity index is 1270. The molecule has 1 atom stereocenters. The number of amides is 2. The van der Waals surface area contributed by atoms with E-state index in [4.69, 9.17) is 9.47 Å². The van der Waals surface area contributed by atoms with E-state index in [1.54, 1.807) is 49.6 Å². The van der Waals surface area contributed by atoms with Crippen LogP contribution in [0.2, 0.25) is 0 Å². The predicted octanol–water partition coefficient (Wildman–Crippen LogP) is 5.73. The third kappa shape index (κ3) is 6.25. The Labute approximate surface area is 227 Å². The molecule has 1 heterocycles. The summed E-state index contributed by atoms with van der Waals surface area (Å²) in [7, 11) is 3.08. The van der Waals surface area contributed by atoms with Crippen LogP contribution in [0.4, 0.5) is 5.69 Å². The maximum atomic E-state index is 14.2. The summed E-state index contributed by atoms with van der Waals surface area (Å²) in [5.74, 6) is 0.198. The first kappa shape index (κ1) is 27.4. The second-order valence-corrected chi connectivity index (χ2v) is 10.5. The normalized spacial score (nSPS) is 14.4. The van der Waals surface area contributed by atoms with Gasteiger partial charge in [-0.2, -0.15) is 0 Å². The van der Waals surface area contributed by atoms with Crippen molar-refractivity contribution in [2.45, 2.75) is 57.5 Å².